The Labute approximate surface area is 154 Å². The smallest absolute Gasteiger partial charge is 0.238 e. The third-order valence-corrected chi connectivity index (χ3v) is 5.84. The van der Waals surface area contributed by atoms with E-state index in [-0.39, 0.29) is 16.7 Å². The lowest BCUT2D eigenvalue weighted by Gasteiger charge is -2.12. The molecule has 6 heteroatoms. The van der Waals surface area contributed by atoms with Crippen LogP contribution in [0.4, 0.5) is 0 Å². The van der Waals surface area contributed by atoms with Crippen molar-refractivity contribution >= 4 is 21.5 Å². The van der Waals surface area contributed by atoms with Crippen molar-refractivity contribution < 1.29 is 13.2 Å². The molecule has 0 unspecified atom stereocenters. The lowest BCUT2D eigenvalue weighted by molar-refractivity contribution is -0.124. The van der Waals surface area contributed by atoms with Gasteiger partial charge in [-0.1, -0.05) is 55.3 Å². The Balaban J connectivity index is 1.70. The lowest BCUT2D eigenvalue weighted by Crippen LogP contribution is -2.28. The summed E-state index contributed by atoms with van der Waals surface area (Å²) in [6.45, 7) is 0.480. The number of carbonyl (C=O) groups is 1. The maximum Gasteiger partial charge on any atom is 0.238 e. The first-order valence-corrected chi connectivity index (χ1v) is 10.5. The summed E-state index contributed by atoms with van der Waals surface area (Å²) in [6, 6.07) is 7.55. The molecule has 2 aliphatic rings. The fourth-order valence-electron chi connectivity index (χ4n) is 3.44. The van der Waals surface area contributed by atoms with Gasteiger partial charge in [0.05, 0.1) is 4.91 Å². The Morgan fingerprint density at radius 3 is 2.50 bits per heavy atom. The van der Waals surface area contributed by atoms with Crippen LogP contribution < -0.4 is 10.5 Å². The third kappa shape index (κ3) is 4.51. The van der Waals surface area contributed by atoms with Crippen LogP contribution in [0.2, 0.25) is 0 Å². The molecule has 0 atom stereocenters. The van der Waals surface area contributed by atoms with Gasteiger partial charge in [-0.05, 0) is 42.0 Å². The lowest BCUT2D eigenvalue weighted by atomic mass is 10.0. The fraction of sp³-hybridized carbons (Fsp3) is 0.350. The molecule has 26 heavy (non-hydrogen) atoms. The number of sulfonamides is 1. The molecule has 0 radical (unpaired) electrons. The molecule has 0 saturated heterocycles. The maximum absolute atomic E-state index is 12.1. The van der Waals surface area contributed by atoms with Gasteiger partial charge in [-0.3, -0.25) is 4.79 Å². The number of allylic oxidation sites excluding steroid dienone is 5. The summed E-state index contributed by atoms with van der Waals surface area (Å²) in [5.41, 5.74) is 2.38. The maximum atomic E-state index is 12.1. The summed E-state index contributed by atoms with van der Waals surface area (Å²) in [4.78, 5) is 12.2. The molecule has 2 aliphatic carbocycles. The number of carbonyl (C=O) groups excluding carboxylic acids is 1. The van der Waals surface area contributed by atoms with E-state index in [4.69, 9.17) is 5.14 Å². The zero-order valence-electron chi connectivity index (χ0n) is 14.6. The SMILES string of the molecule is NS(=O)(=O)C1=CC=CCC=C1c1ccc(CNC(=O)C2CCCC2)cc1. The number of benzene rings is 1. The molecule has 0 aliphatic heterocycles. The van der Waals surface area contributed by atoms with Gasteiger partial charge in [-0.2, -0.15) is 0 Å². The number of hydrogen-bond acceptors (Lipinski definition) is 3. The number of amides is 1. The molecular formula is C20H24N2O3S. The molecule has 1 aromatic rings. The van der Waals surface area contributed by atoms with Crippen LogP contribution in [0.25, 0.3) is 5.57 Å². The molecule has 0 heterocycles. The van der Waals surface area contributed by atoms with Gasteiger partial charge in [0.15, 0.2) is 0 Å². The van der Waals surface area contributed by atoms with Gasteiger partial charge in [-0.15, -0.1) is 0 Å². The van der Waals surface area contributed by atoms with Crippen molar-refractivity contribution in [2.45, 2.75) is 38.6 Å². The largest absolute Gasteiger partial charge is 0.352 e. The van der Waals surface area contributed by atoms with Gasteiger partial charge in [0, 0.05) is 12.5 Å². The van der Waals surface area contributed by atoms with E-state index in [1.807, 2.05) is 36.4 Å². The van der Waals surface area contributed by atoms with Crippen LogP contribution in [-0.4, -0.2) is 14.3 Å². The Kier molecular flexibility index (Phi) is 5.74. The van der Waals surface area contributed by atoms with Gasteiger partial charge in [0.2, 0.25) is 15.9 Å². The molecule has 1 saturated carbocycles. The summed E-state index contributed by atoms with van der Waals surface area (Å²) in [5.74, 6) is 0.281. The van der Waals surface area contributed by atoms with E-state index in [0.717, 1.165) is 36.8 Å². The predicted molar refractivity (Wildman–Crippen MR) is 103 cm³/mol. The van der Waals surface area contributed by atoms with Crippen LogP contribution in [0.15, 0.2) is 53.5 Å². The number of nitrogens with one attached hydrogen (secondary N) is 1. The van der Waals surface area contributed by atoms with Gasteiger partial charge < -0.3 is 5.32 Å². The first-order valence-electron chi connectivity index (χ1n) is 8.92. The molecule has 1 fully saturated rings. The molecule has 0 spiro atoms. The van der Waals surface area contributed by atoms with Gasteiger partial charge in [0.25, 0.3) is 0 Å². The van der Waals surface area contributed by atoms with E-state index < -0.39 is 10.0 Å². The van der Waals surface area contributed by atoms with Crippen molar-refractivity contribution in [1.29, 1.82) is 0 Å². The third-order valence-electron chi connectivity index (χ3n) is 4.87. The van der Waals surface area contributed by atoms with Gasteiger partial charge in [0.1, 0.15) is 0 Å². The van der Waals surface area contributed by atoms with Crippen molar-refractivity contribution in [1.82, 2.24) is 5.32 Å². The van der Waals surface area contributed by atoms with E-state index in [1.54, 1.807) is 6.08 Å². The van der Waals surface area contributed by atoms with E-state index in [2.05, 4.69) is 5.32 Å². The average Bonchev–Trinajstić information content (AvgIpc) is 3.03. The second kappa shape index (κ2) is 8.01. The first kappa shape index (κ1) is 18.6. The van der Waals surface area contributed by atoms with Crippen LogP contribution in [-0.2, 0) is 21.4 Å². The number of nitrogens with two attached hydrogens (primary N) is 1. The first-order chi connectivity index (χ1) is 12.4. The molecule has 0 bridgehead atoms. The summed E-state index contributed by atoms with van der Waals surface area (Å²) in [6.07, 6.45) is 11.9. The highest BCUT2D eigenvalue weighted by molar-refractivity contribution is 7.93. The standard InChI is InChI=1S/C20H24N2O3S/c21-26(24,25)19-9-3-1-2-8-18(19)16-12-10-15(11-13-16)14-22-20(23)17-6-4-5-7-17/h1,3,8-13,17H,2,4-7,14H2,(H,22,23)(H2,21,24,25). The second-order valence-corrected chi connectivity index (χ2v) is 8.28. The number of hydrogen-bond donors (Lipinski definition) is 2. The van der Waals surface area contributed by atoms with E-state index in [1.165, 1.54) is 6.08 Å². The topological polar surface area (TPSA) is 89.3 Å². The molecule has 138 valence electrons. The summed E-state index contributed by atoms with van der Waals surface area (Å²) < 4.78 is 23.8. The van der Waals surface area contributed by atoms with Crippen LogP contribution in [0, 0.1) is 5.92 Å². The molecule has 1 amide bonds. The average molecular weight is 372 g/mol. The molecule has 3 rings (SSSR count). The van der Waals surface area contributed by atoms with Crippen LogP contribution in [0.3, 0.4) is 0 Å². The van der Waals surface area contributed by atoms with Gasteiger partial charge >= 0.3 is 0 Å². The molecule has 3 N–H and O–H groups in total. The second-order valence-electron chi connectivity index (χ2n) is 6.75. The normalized spacial score (nSPS) is 18.2. The Morgan fingerprint density at radius 1 is 1.15 bits per heavy atom. The van der Waals surface area contributed by atoms with Crippen LogP contribution in [0.1, 0.15) is 43.2 Å². The minimum Gasteiger partial charge on any atom is -0.352 e. The quantitative estimate of drug-likeness (QED) is 0.832. The highest BCUT2D eigenvalue weighted by Crippen LogP contribution is 2.29. The van der Waals surface area contributed by atoms with Crippen LogP contribution in [0.5, 0.6) is 0 Å². The molecule has 5 nitrogen and oxygen atoms in total. The minimum atomic E-state index is -3.80. The zero-order valence-corrected chi connectivity index (χ0v) is 15.5. The van der Waals surface area contributed by atoms with Gasteiger partial charge in [-0.25, -0.2) is 13.6 Å². The molecular weight excluding hydrogens is 348 g/mol. The van der Waals surface area contributed by atoms with Crippen molar-refractivity contribution in [2.24, 2.45) is 11.1 Å². The fourth-order valence-corrected chi connectivity index (χ4v) is 4.22. The van der Waals surface area contributed by atoms with Crippen molar-refractivity contribution in [3.05, 3.63) is 64.6 Å². The zero-order chi connectivity index (χ0) is 18.6. The summed E-state index contributed by atoms with van der Waals surface area (Å²) in [7, 11) is -3.80. The highest BCUT2D eigenvalue weighted by Gasteiger charge is 2.22. The summed E-state index contributed by atoms with van der Waals surface area (Å²) in [5, 5.41) is 8.35. The Morgan fingerprint density at radius 2 is 1.85 bits per heavy atom. The van der Waals surface area contributed by atoms with E-state index in [0.29, 0.717) is 18.5 Å². The van der Waals surface area contributed by atoms with Crippen molar-refractivity contribution in [2.75, 3.05) is 0 Å². The van der Waals surface area contributed by atoms with E-state index in [9.17, 15) is 13.2 Å². The van der Waals surface area contributed by atoms with Crippen molar-refractivity contribution in [3.63, 3.8) is 0 Å². The van der Waals surface area contributed by atoms with E-state index >= 15 is 0 Å². The highest BCUT2D eigenvalue weighted by atomic mass is 32.2. The van der Waals surface area contributed by atoms with Crippen molar-refractivity contribution in [3.8, 4) is 0 Å². The Hall–Kier alpha value is -2.18. The minimum absolute atomic E-state index is 0.119. The van der Waals surface area contributed by atoms with Crippen LogP contribution >= 0.6 is 0 Å². The monoisotopic (exact) mass is 372 g/mol. The summed E-state index contributed by atoms with van der Waals surface area (Å²) >= 11 is 0. The number of primary sulfonamides is 1. The predicted octanol–water partition coefficient (Wildman–Crippen LogP) is 3.01. The molecule has 1 aromatic carbocycles. The molecule has 0 aromatic heterocycles. The number of rotatable bonds is 5. The Bertz CT molecular complexity index is 859.